The van der Waals surface area contributed by atoms with E-state index in [9.17, 15) is 9.59 Å². The van der Waals surface area contributed by atoms with Crippen LogP contribution in [0.4, 0.5) is 0 Å². The van der Waals surface area contributed by atoms with Crippen LogP contribution in [0, 0.1) is 0 Å². The average molecular weight is 214 g/mol. The maximum atomic E-state index is 11.2. The lowest BCUT2D eigenvalue weighted by atomic mass is 10.4. The van der Waals surface area contributed by atoms with Crippen molar-refractivity contribution in [3.63, 3.8) is 0 Å². The van der Waals surface area contributed by atoms with E-state index in [4.69, 9.17) is 4.74 Å². The molecule has 5 nitrogen and oxygen atoms in total. The molecule has 1 fully saturated rings. The molecule has 15 heavy (non-hydrogen) atoms. The molecule has 1 saturated carbocycles. The first-order valence-corrected chi connectivity index (χ1v) is 5.40. The summed E-state index contributed by atoms with van der Waals surface area (Å²) in [6, 6.07) is 0.228. The topological polar surface area (TPSA) is 67.4 Å². The monoisotopic (exact) mass is 214 g/mol. The summed E-state index contributed by atoms with van der Waals surface area (Å²) in [5, 5.41) is 5.17. The fourth-order valence-corrected chi connectivity index (χ4v) is 1.08. The van der Waals surface area contributed by atoms with Gasteiger partial charge in [-0.15, -0.1) is 0 Å². The van der Waals surface area contributed by atoms with E-state index in [1.165, 1.54) is 0 Å². The minimum Gasteiger partial charge on any atom is -0.382 e. The third kappa shape index (κ3) is 5.37. The zero-order chi connectivity index (χ0) is 11.1. The smallest absolute Gasteiger partial charge is 0.309 e. The zero-order valence-electron chi connectivity index (χ0n) is 9.04. The first kappa shape index (κ1) is 12.0. The van der Waals surface area contributed by atoms with Crippen LogP contribution in [0.15, 0.2) is 0 Å². The van der Waals surface area contributed by atoms with Crippen LogP contribution in [0.5, 0.6) is 0 Å². The molecule has 1 rings (SSSR count). The normalized spacial score (nSPS) is 14.7. The molecule has 0 aromatic heterocycles. The van der Waals surface area contributed by atoms with Crippen LogP contribution in [0.1, 0.15) is 26.2 Å². The second-order valence-electron chi connectivity index (χ2n) is 3.55. The third-order valence-electron chi connectivity index (χ3n) is 2.07. The second kappa shape index (κ2) is 6.40. The van der Waals surface area contributed by atoms with Gasteiger partial charge < -0.3 is 15.4 Å². The van der Waals surface area contributed by atoms with Gasteiger partial charge >= 0.3 is 11.8 Å². The van der Waals surface area contributed by atoms with E-state index in [2.05, 4.69) is 10.6 Å². The maximum absolute atomic E-state index is 11.2. The summed E-state index contributed by atoms with van der Waals surface area (Å²) in [5.74, 6) is -1.06. The molecule has 2 N–H and O–H groups in total. The summed E-state index contributed by atoms with van der Waals surface area (Å²) in [6.45, 7) is 3.69. The van der Waals surface area contributed by atoms with Gasteiger partial charge in [-0.3, -0.25) is 9.59 Å². The van der Waals surface area contributed by atoms with Crippen LogP contribution < -0.4 is 10.6 Å². The Morgan fingerprint density at radius 2 is 2.07 bits per heavy atom. The van der Waals surface area contributed by atoms with Crippen LogP contribution in [-0.4, -0.2) is 37.6 Å². The first-order chi connectivity index (χ1) is 7.24. The first-order valence-electron chi connectivity index (χ1n) is 5.40. The molecule has 1 aliphatic rings. The minimum absolute atomic E-state index is 0.228. The van der Waals surface area contributed by atoms with Crippen molar-refractivity contribution in [3.8, 4) is 0 Å². The molecule has 0 saturated heterocycles. The molecular weight excluding hydrogens is 196 g/mol. The van der Waals surface area contributed by atoms with Gasteiger partial charge in [-0.25, -0.2) is 0 Å². The van der Waals surface area contributed by atoms with Crippen LogP contribution in [-0.2, 0) is 14.3 Å². The van der Waals surface area contributed by atoms with Crippen LogP contribution in [0.25, 0.3) is 0 Å². The van der Waals surface area contributed by atoms with Gasteiger partial charge in [0, 0.05) is 25.8 Å². The van der Waals surface area contributed by atoms with Crippen molar-refractivity contribution in [1.82, 2.24) is 10.6 Å². The Hall–Kier alpha value is -1.10. The fourth-order valence-electron chi connectivity index (χ4n) is 1.08. The molecule has 0 aromatic carbocycles. The van der Waals surface area contributed by atoms with Crippen molar-refractivity contribution in [2.45, 2.75) is 32.2 Å². The molecule has 0 heterocycles. The van der Waals surface area contributed by atoms with Gasteiger partial charge in [0.1, 0.15) is 0 Å². The Labute approximate surface area is 89.6 Å². The second-order valence-corrected chi connectivity index (χ2v) is 3.55. The molecule has 0 radical (unpaired) electrons. The highest BCUT2D eigenvalue weighted by Crippen LogP contribution is 2.18. The van der Waals surface area contributed by atoms with Crippen molar-refractivity contribution in [2.24, 2.45) is 0 Å². The van der Waals surface area contributed by atoms with E-state index in [1.807, 2.05) is 6.92 Å². The molecular formula is C10H18N2O3. The number of amides is 2. The number of hydrogen-bond acceptors (Lipinski definition) is 3. The summed E-state index contributed by atoms with van der Waals surface area (Å²) >= 11 is 0. The van der Waals surface area contributed by atoms with Crippen LogP contribution in [0.2, 0.25) is 0 Å². The Morgan fingerprint density at radius 3 is 2.67 bits per heavy atom. The van der Waals surface area contributed by atoms with E-state index >= 15 is 0 Å². The van der Waals surface area contributed by atoms with E-state index < -0.39 is 11.8 Å². The summed E-state index contributed by atoms with van der Waals surface area (Å²) in [6.07, 6.45) is 2.71. The quantitative estimate of drug-likeness (QED) is 0.475. The third-order valence-corrected chi connectivity index (χ3v) is 2.07. The Morgan fingerprint density at radius 1 is 1.33 bits per heavy atom. The van der Waals surface area contributed by atoms with Crippen molar-refractivity contribution in [3.05, 3.63) is 0 Å². The number of carbonyl (C=O) groups excluding carboxylic acids is 2. The van der Waals surface area contributed by atoms with Crippen molar-refractivity contribution in [2.75, 3.05) is 19.8 Å². The molecule has 0 spiro atoms. The molecule has 0 atom stereocenters. The number of hydrogen-bond donors (Lipinski definition) is 2. The van der Waals surface area contributed by atoms with E-state index in [-0.39, 0.29) is 6.04 Å². The number of rotatable bonds is 6. The molecule has 2 amide bonds. The van der Waals surface area contributed by atoms with Gasteiger partial charge in [0.15, 0.2) is 0 Å². The number of nitrogens with one attached hydrogen (secondary N) is 2. The van der Waals surface area contributed by atoms with Crippen molar-refractivity contribution in [1.29, 1.82) is 0 Å². The Bertz CT molecular complexity index is 227. The predicted octanol–water partition coefficient (Wildman–Crippen LogP) is -0.192. The fraction of sp³-hybridized carbons (Fsp3) is 0.800. The summed E-state index contributed by atoms with van der Waals surface area (Å²) in [5.41, 5.74) is 0. The molecule has 5 heteroatoms. The average Bonchev–Trinajstić information content (AvgIpc) is 3.01. The van der Waals surface area contributed by atoms with Crippen molar-refractivity contribution >= 4 is 11.8 Å². The van der Waals surface area contributed by atoms with Gasteiger partial charge in [0.05, 0.1) is 0 Å². The summed E-state index contributed by atoms with van der Waals surface area (Å²) in [7, 11) is 0. The number of ether oxygens (including phenoxy) is 1. The van der Waals surface area contributed by atoms with Gasteiger partial charge in [-0.2, -0.15) is 0 Å². The highest BCUT2D eigenvalue weighted by Gasteiger charge is 2.25. The summed E-state index contributed by atoms with van der Waals surface area (Å²) in [4.78, 5) is 22.3. The van der Waals surface area contributed by atoms with Gasteiger partial charge in [-0.05, 0) is 26.2 Å². The molecule has 0 bridgehead atoms. The van der Waals surface area contributed by atoms with Crippen LogP contribution >= 0.6 is 0 Å². The lowest BCUT2D eigenvalue weighted by Gasteiger charge is -2.05. The highest BCUT2D eigenvalue weighted by atomic mass is 16.5. The SMILES string of the molecule is CCOCCCNC(=O)C(=O)NC1CC1. The zero-order valence-corrected chi connectivity index (χ0v) is 9.04. The number of carbonyl (C=O) groups is 2. The van der Waals surface area contributed by atoms with E-state index in [0.29, 0.717) is 19.8 Å². The highest BCUT2D eigenvalue weighted by molar-refractivity contribution is 6.35. The lowest BCUT2D eigenvalue weighted by molar-refractivity contribution is -0.139. The lowest BCUT2D eigenvalue weighted by Crippen LogP contribution is -2.41. The standard InChI is InChI=1S/C10H18N2O3/c1-2-15-7-3-6-11-9(13)10(14)12-8-4-5-8/h8H,2-7H2,1H3,(H,11,13)(H,12,14). The Balaban J connectivity index is 1.99. The van der Waals surface area contributed by atoms with Gasteiger partial charge in [0.25, 0.3) is 0 Å². The molecule has 1 aliphatic carbocycles. The largest absolute Gasteiger partial charge is 0.382 e. The van der Waals surface area contributed by atoms with Gasteiger partial charge in [0.2, 0.25) is 0 Å². The Kier molecular flexibility index (Phi) is 5.10. The van der Waals surface area contributed by atoms with Crippen molar-refractivity contribution < 1.29 is 14.3 Å². The minimum atomic E-state index is -0.543. The van der Waals surface area contributed by atoms with E-state index in [0.717, 1.165) is 19.3 Å². The van der Waals surface area contributed by atoms with E-state index in [1.54, 1.807) is 0 Å². The summed E-state index contributed by atoms with van der Waals surface area (Å²) < 4.78 is 5.10. The molecule has 0 aliphatic heterocycles. The predicted molar refractivity (Wildman–Crippen MR) is 55.3 cm³/mol. The molecule has 0 aromatic rings. The molecule has 0 unspecified atom stereocenters. The van der Waals surface area contributed by atoms with Crippen LogP contribution in [0.3, 0.4) is 0 Å². The maximum Gasteiger partial charge on any atom is 0.309 e. The molecule has 86 valence electrons. The van der Waals surface area contributed by atoms with Gasteiger partial charge in [-0.1, -0.05) is 0 Å².